The van der Waals surface area contributed by atoms with Crippen LogP contribution < -0.4 is 20.1 Å². The van der Waals surface area contributed by atoms with Crippen molar-refractivity contribution in [2.75, 3.05) is 17.9 Å². The molecule has 0 spiro atoms. The molecule has 0 unspecified atom stereocenters. The van der Waals surface area contributed by atoms with Crippen LogP contribution in [0.4, 0.5) is 5.82 Å². The van der Waals surface area contributed by atoms with E-state index in [2.05, 4.69) is 20.8 Å². The van der Waals surface area contributed by atoms with Gasteiger partial charge in [0.25, 0.3) is 0 Å². The van der Waals surface area contributed by atoms with Gasteiger partial charge in [-0.05, 0) is 29.8 Å². The number of hydrogen-bond acceptors (Lipinski definition) is 7. The zero-order valence-electron chi connectivity index (χ0n) is 14.2. The summed E-state index contributed by atoms with van der Waals surface area (Å²) in [7, 11) is 0. The minimum absolute atomic E-state index is 0.113. The largest absolute Gasteiger partial charge is 0.454 e. The first-order chi connectivity index (χ1) is 12.6. The molecule has 3 rings (SSSR count). The van der Waals surface area contributed by atoms with Gasteiger partial charge in [-0.1, -0.05) is 24.8 Å². The fraction of sp³-hybridized carbons (Fsp3) is 0.294. The second-order valence-corrected chi connectivity index (χ2v) is 6.41. The lowest BCUT2D eigenvalue weighted by molar-refractivity contribution is -0.118. The Bertz CT molecular complexity index is 798. The molecule has 2 aromatic rings. The fourth-order valence-electron chi connectivity index (χ4n) is 2.14. The number of hydrogen-bond donors (Lipinski definition) is 2. The van der Waals surface area contributed by atoms with Crippen LogP contribution in [0.2, 0.25) is 0 Å². The molecule has 0 fully saturated rings. The monoisotopic (exact) mass is 374 g/mol. The van der Waals surface area contributed by atoms with Crippen LogP contribution >= 0.6 is 11.8 Å². The number of rotatable bonds is 7. The third-order valence-corrected chi connectivity index (χ3v) is 4.43. The number of carbonyl (C=O) groups is 2. The van der Waals surface area contributed by atoms with Gasteiger partial charge in [0, 0.05) is 13.0 Å². The number of nitrogens with zero attached hydrogens (tertiary/aromatic N) is 2. The highest BCUT2D eigenvalue weighted by atomic mass is 32.2. The van der Waals surface area contributed by atoms with Crippen molar-refractivity contribution in [1.29, 1.82) is 0 Å². The fourth-order valence-corrected chi connectivity index (χ4v) is 2.78. The Morgan fingerprint density at radius 3 is 2.73 bits per heavy atom. The maximum Gasteiger partial charge on any atom is 0.231 e. The van der Waals surface area contributed by atoms with E-state index in [1.165, 1.54) is 11.8 Å². The summed E-state index contributed by atoms with van der Waals surface area (Å²) >= 11 is 1.27. The standard InChI is InChI=1S/C17H18N4O4S/c1-2-15(22)19-14-5-6-17(21-20-14)26-9-16(23)18-8-11-3-4-12-13(7-11)25-10-24-12/h3-7H,2,8-10H2,1H3,(H,18,23)(H,19,20,22). The number of thioether (sulfide) groups is 1. The summed E-state index contributed by atoms with van der Waals surface area (Å²) < 4.78 is 10.6. The average Bonchev–Trinajstić information content (AvgIpc) is 3.13. The van der Waals surface area contributed by atoms with Crippen LogP contribution in [0.25, 0.3) is 0 Å². The Hall–Kier alpha value is -2.81. The van der Waals surface area contributed by atoms with Crippen molar-refractivity contribution < 1.29 is 19.1 Å². The zero-order chi connectivity index (χ0) is 18.4. The highest BCUT2D eigenvalue weighted by Crippen LogP contribution is 2.32. The van der Waals surface area contributed by atoms with Gasteiger partial charge >= 0.3 is 0 Å². The van der Waals surface area contributed by atoms with Gasteiger partial charge in [-0.25, -0.2) is 0 Å². The van der Waals surface area contributed by atoms with E-state index in [1.54, 1.807) is 19.1 Å². The van der Waals surface area contributed by atoms with E-state index in [0.29, 0.717) is 35.3 Å². The first-order valence-electron chi connectivity index (χ1n) is 8.05. The molecule has 1 aromatic carbocycles. The summed E-state index contributed by atoms with van der Waals surface area (Å²) in [4.78, 5) is 23.3. The maximum absolute atomic E-state index is 12.0. The number of ether oxygens (including phenoxy) is 2. The molecule has 9 heteroatoms. The minimum atomic E-state index is -0.123. The van der Waals surface area contributed by atoms with Crippen molar-refractivity contribution in [2.24, 2.45) is 0 Å². The van der Waals surface area contributed by atoms with Gasteiger partial charge < -0.3 is 20.1 Å². The van der Waals surface area contributed by atoms with Crippen LogP contribution in [0.5, 0.6) is 11.5 Å². The quantitative estimate of drug-likeness (QED) is 0.714. The third kappa shape index (κ3) is 4.85. The average molecular weight is 374 g/mol. The number of amides is 2. The van der Waals surface area contributed by atoms with Gasteiger partial charge in [0.15, 0.2) is 17.3 Å². The summed E-state index contributed by atoms with van der Waals surface area (Å²) in [5, 5.41) is 14.0. The summed E-state index contributed by atoms with van der Waals surface area (Å²) in [5.41, 5.74) is 0.934. The number of carbonyl (C=O) groups excluding carboxylic acids is 2. The SMILES string of the molecule is CCC(=O)Nc1ccc(SCC(=O)NCc2ccc3c(c2)OCO3)nn1. The smallest absolute Gasteiger partial charge is 0.231 e. The highest BCUT2D eigenvalue weighted by molar-refractivity contribution is 7.99. The van der Waals surface area contributed by atoms with E-state index in [4.69, 9.17) is 9.47 Å². The molecule has 1 aromatic heterocycles. The van der Waals surface area contributed by atoms with Gasteiger partial charge in [-0.15, -0.1) is 10.2 Å². The summed E-state index contributed by atoms with van der Waals surface area (Å²) in [6.45, 7) is 2.39. The Balaban J connectivity index is 1.43. The molecule has 1 aliphatic rings. The van der Waals surface area contributed by atoms with Crippen LogP contribution in [-0.2, 0) is 16.1 Å². The van der Waals surface area contributed by atoms with Crippen molar-refractivity contribution in [3.63, 3.8) is 0 Å². The molecule has 2 N–H and O–H groups in total. The normalized spacial score (nSPS) is 11.9. The van der Waals surface area contributed by atoms with Crippen molar-refractivity contribution in [1.82, 2.24) is 15.5 Å². The van der Waals surface area contributed by atoms with E-state index in [9.17, 15) is 9.59 Å². The first kappa shape index (κ1) is 18.0. The van der Waals surface area contributed by atoms with Crippen molar-refractivity contribution in [3.8, 4) is 11.5 Å². The Kier molecular flexibility index (Phi) is 5.90. The number of anilines is 1. The zero-order valence-corrected chi connectivity index (χ0v) is 15.0. The van der Waals surface area contributed by atoms with E-state index < -0.39 is 0 Å². The predicted molar refractivity (Wildman–Crippen MR) is 96.1 cm³/mol. The molecule has 0 bridgehead atoms. The van der Waals surface area contributed by atoms with E-state index in [0.717, 1.165) is 5.56 Å². The topological polar surface area (TPSA) is 102 Å². The van der Waals surface area contributed by atoms with Crippen LogP contribution in [0.1, 0.15) is 18.9 Å². The molecule has 26 heavy (non-hydrogen) atoms. The molecule has 136 valence electrons. The molecule has 8 nitrogen and oxygen atoms in total. The molecular formula is C17H18N4O4S. The first-order valence-corrected chi connectivity index (χ1v) is 9.04. The molecule has 0 aliphatic carbocycles. The predicted octanol–water partition coefficient (Wildman–Crippen LogP) is 1.96. The van der Waals surface area contributed by atoms with Gasteiger partial charge in [-0.2, -0.15) is 0 Å². The summed E-state index contributed by atoms with van der Waals surface area (Å²) in [6.07, 6.45) is 0.377. The van der Waals surface area contributed by atoms with Crippen LogP contribution in [0.3, 0.4) is 0 Å². The summed E-state index contributed by atoms with van der Waals surface area (Å²) in [6, 6.07) is 8.94. The highest BCUT2D eigenvalue weighted by Gasteiger charge is 2.13. The lowest BCUT2D eigenvalue weighted by Gasteiger charge is -2.06. The molecule has 2 heterocycles. The molecule has 0 radical (unpaired) electrons. The number of aromatic nitrogens is 2. The van der Waals surface area contributed by atoms with Gasteiger partial charge in [0.2, 0.25) is 18.6 Å². The maximum atomic E-state index is 12.0. The van der Waals surface area contributed by atoms with Crippen LogP contribution in [-0.4, -0.2) is 34.6 Å². The van der Waals surface area contributed by atoms with Crippen molar-refractivity contribution in [2.45, 2.75) is 24.9 Å². The van der Waals surface area contributed by atoms with E-state index in [-0.39, 0.29) is 24.4 Å². The van der Waals surface area contributed by atoms with Crippen molar-refractivity contribution in [3.05, 3.63) is 35.9 Å². The minimum Gasteiger partial charge on any atom is -0.454 e. The van der Waals surface area contributed by atoms with E-state index >= 15 is 0 Å². The molecular weight excluding hydrogens is 356 g/mol. The molecule has 0 saturated carbocycles. The lowest BCUT2D eigenvalue weighted by atomic mass is 10.2. The molecule has 1 aliphatic heterocycles. The van der Waals surface area contributed by atoms with Crippen LogP contribution in [0, 0.1) is 0 Å². The van der Waals surface area contributed by atoms with Gasteiger partial charge in [0.05, 0.1) is 5.75 Å². The summed E-state index contributed by atoms with van der Waals surface area (Å²) in [5.74, 6) is 1.79. The molecule has 0 saturated heterocycles. The molecule has 0 atom stereocenters. The number of benzene rings is 1. The Labute approximate surface area is 154 Å². The van der Waals surface area contributed by atoms with Crippen molar-refractivity contribution >= 4 is 29.4 Å². The Morgan fingerprint density at radius 1 is 1.12 bits per heavy atom. The second-order valence-electron chi connectivity index (χ2n) is 5.41. The van der Waals surface area contributed by atoms with Gasteiger partial charge in [-0.3, -0.25) is 9.59 Å². The number of fused-ring (bicyclic) bond motifs is 1. The Morgan fingerprint density at radius 2 is 1.96 bits per heavy atom. The lowest BCUT2D eigenvalue weighted by Crippen LogP contribution is -2.24. The second kappa shape index (κ2) is 8.52. The van der Waals surface area contributed by atoms with E-state index in [1.807, 2.05) is 18.2 Å². The van der Waals surface area contributed by atoms with Gasteiger partial charge in [0.1, 0.15) is 5.03 Å². The number of nitrogens with one attached hydrogen (secondary N) is 2. The third-order valence-electron chi connectivity index (χ3n) is 3.51. The molecule has 2 amide bonds. The van der Waals surface area contributed by atoms with Crippen LogP contribution in [0.15, 0.2) is 35.4 Å².